The number of hydrogen-bond acceptors (Lipinski definition) is 1. The molecule has 0 amide bonds. The summed E-state index contributed by atoms with van der Waals surface area (Å²) >= 11 is 0. The molecule has 2 nitrogen and oxygen atoms in total. The summed E-state index contributed by atoms with van der Waals surface area (Å²) in [6.07, 6.45) is 0. The van der Waals surface area contributed by atoms with Crippen LogP contribution in [-0.2, 0) is 5.41 Å². The van der Waals surface area contributed by atoms with E-state index in [0.29, 0.717) is 0 Å². The van der Waals surface area contributed by atoms with E-state index in [1.165, 1.54) is 65.6 Å². The van der Waals surface area contributed by atoms with E-state index < -0.39 is 0 Å². The zero-order chi connectivity index (χ0) is 32.7. The third-order valence-electron chi connectivity index (χ3n) is 10.7. The van der Waals surface area contributed by atoms with E-state index in [4.69, 9.17) is 0 Å². The molecule has 0 radical (unpaired) electrons. The van der Waals surface area contributed by atoms with Gasteiger partial charge in [-0.2, -0.15) is 0 Å². The first-order valence-electron chi connectivity index (χ1n) is 17.1. The van der Waals surface area contributed by atoms with Gasteiger partial charge < -0.3 is 9.47 Å². The number of para-hydroxylation sites is 3. The van der Waals surface area contributed by atoms with Crippen molar-refractivity contribution in [2.24, 2.45) is 0 Å². The van der Waals surface area contributed by atoms with Crippen molar-refractivity contribution in [2.75, 3.05) is 4.90 Å². The molecule has 1 heterocycles. The van der Waals surface area contributed by atoms with E-state index in [9.17, 15) is 0 Å². The van der Waals surface area contributed by atoms with Crippen LogP contribution in [0.1, 0.15) is 25.0 Å². The van der Waals surface area contributed by atoms with E-state index in [1.54, 1.807) is 0 Å². The second-order valence-electron chi connectivity index (χ2n) is 13.8. The normalized spacial score (nSPS) is 13.3. The average Bonchev–Trinajstić information content (AvgIpc) is 3.60. The summed E-state index contributed by atoms with van der Waals surface area (Å²) < 4.78 is 2.40. The summed E-state index contributed by atoms with van der Waals surface area (Å²) in [5.41, 5.74) is 12.4. The van der Waals surface area contributed by atoms with Crippen LogP contribution >= 0.6 is 0 Å². The average molecular weight is 627 g/mol. The summed E-state index contributed by atoms with van der Waals surface area (Å²) in [7, 11) is 0. The second kappa shape index (κ2) is 10.4. The molecule has 49 heavy (non-hydrogen) atoms. The van der Waals surface area contributed by atoms with Gasteiger partial charge in [0.25, 0.3) is 0 Å². The van der Waals surface area contributed by atoms with Crippen molar-refractivity contribution in [3.05, 3.63) is 181 Å². The minimum absolute atomic E-state index is 0.0524. The van der Waals surface area contributed by atoms with E-state index >= 15 is 0 Å². The van der Waals surface area contributed by atoms with Crippen molar-refractivity contribution in [3.63, 3.8) is 0 Å². The molecular formula is C47H34N2. The maximum atomic E-state index is 2.46. The molecule has 2 heteroatoms. The quantitative estimate of drug-likeness (QED) is 0.176. The Bertz CT molecular complexity index is 2700. The summed E-state index contributed by atoms with van der Waals surface area (Å²) in [4.78, 5) is 2.42. The minimum atomic E-state index is -0.0524. The van der Waals surface area contributed by atoms with Crippen LogP contribution in [0.3, 0.4) is 0 Å². The van der Waals surface area contributed by atoms with Crippen molar-refractivity contribution < 1.29 is 0 Å². The Morgan fingerprint density at radius 1 is 0.429 bits per heavy atom. The van der Waals surface area contributed by atoms with Crippen LogP contribution < -0.4 is 4.90 Å². The monoisotopic (exact) mass is 626 g/mol. The lowest BCUT2D eigenvalue weighted by Crippen LogP contribution is -2.14. The fourth-order valence-corrected chi connectivity index (χ4v) is 8.44. The molecule has 0 atom stereocenters. The number of nitrogens with zero attached hydrogens (tertiary/aromatic N) is 2. The molecule has 10 rings (SSSR count). The summed E-state index contributed by atoms with van der Waals surface area (Å²) in [6, 6.07) is 62.4. The summed E-state index contributed by atoms with van der Waals surface area (Å²) in [6.45, 7) is 4.72. The summed E-state index contributed by atoms with van der Waals surface area (Å²) in [5.74, 6) is 0. The predicted molar refractivity (Wildman–Crippen MR) is 208 cm³/mol. The maximum absolute atomic E-state index is 2.46. The van der Waals surface area contributed by atoms with Gasteiger partial charge in [-0.3, -0.25) is 0 Å². The molecule has 0 unspecified atom stereocenters. The number of rotatable bonds is 4. The van der Waals surface area contributed by atoms with Crippen LogP contribution in [-0.4, -0.2) is 4.57 Å². The number of hydrogen-bond donors (Lipinski definition) is 0. The van der Waals surface area contributed by atoms with Gasteiger partial charge in [0.1, 0.15) is 0 Å². The lowest BCUT2D eigenvalue weighted by Gasteiger charge is -2.28. The Kier molecular flexibility index (Phi) is 5.95. The molecule has 0 aliphatic heterocycles. The van der Waals surface area contributed by atoms with Crippen LogP contribution in [0.4, 0.5) is 17.1 Å². The van der Waals surface area contributed by atoms with Gasteiger partial charge in [-0.25, -0.2) is 0 Å². The van der Waals surface area contributed by atoms with Crippen LogP contribution in [0.2, 0.25) is 0 Å². The first-order chi connectivity index (χ1) is 24.1. The Labute approximate surface area is 286 Å². The highest BCUT2D eigenvalue weighted by Gasteiger charge is 2.35. The minimum Gasteiger partial charge on any atom is -0.310 e. The van der Waals surface area contributed by atoms with E-state index in [2.05, 4.69) is 193 Å². The highest BCUT2D eigenvalue weighted by molar-refractivity contribution is 6.14. The van der Waals surface area contributed by atoms with Crippen molar-refractivity contribution >= 4 is 60.4 Å². The summed E-state index contributed by atoms with van der Waals surface area (Å²) in [5, 5.41) is 7.60. The first-order valence-corrected chi connectivity index (χ1v) is 17.1. The molecule has 0 saturated heterocycles. The van der Waals surface area contributed by atoms with Crippen molar-refractivity contribution in [3.8, 4) is 16.8 Å². The van der Waals surface area contributed by atoms with E-state index in [1.807, 2.05) is 0 Å². The fraction of sp³-hybridized carbons (Fsp3) is 0.0638. The lowest BCUT2D eigenvalue weighted by atomic mass is 9.81. The van der Waals surface area contributed by atoms with Crippen molar-refractivity contribution in [1.82, 2.24) is 4.57 Å². The van der Waals surface area contributed by atoms with Gasteiger partial charge in [-0.1, -0.05) is 123 Å². The second-order valence-corrected chi connectivity index (χ2v) is 13.8. The van der Waals surface area contributed by atoms with Crippen LogP contribution in [0.25, 0.3) is 60.2 Å². The SMILES string of the molecule is CC1(C)c2ccccc2-c2cc3ccc4c(N(c5ccccc5)c5cccc(-n6c7ccccc7c7ccccc76)c5)cccc4c3cc21. The number of fused-ring (bicyclic) bond motifs is 9. The molecule has 8 aromatic carbocycles. The largest absolute Gasteiger partial charge is 0.310 e. The smallest absolute Gasteiger partial charge is 0.0541 e. The Morgan fingerprint density at radius 2 is 1.08 bits per heavy atom. The molecule has 0 saturated carbocycles. The predicted octanol–water partition coefficient (Wildman–Crippen LogP) is 12.9. The Balaban J connectivity index is 1.19. The van der Waals surface area contributed by atoms with Crippen LogP contribution in [0.5, 0.6) is 0 Å². The van der Waals surface area contributed by atoms with Gasteiger partial charge in [0.15, 0.2) is 0 Å². The lowest BCUT2D eigenvalue weighted by molar-refractivity contribution is 0.661. The highest BCUT2D eigenvalue weighted by atomic mass is 15.1. The molecule has 232 valence electrons. The molecule has 9 aromatic rings. The van der Waals surface area contributed by atoms with Gasteiger partial charge in [0, 0.05) is 38.6 Å². The molecule has 0 spiro atoms. The fourth-order valence-electron chi connectivity index (χ4n) is 8.44. The molecule has 0 fully saturated rings. The van der Waals surface area contributed by atoms with Gasteiger partial charge >= 0.3 is 0 Å². The van der Waals surface area contributed by atoms with Crippen molar-refractivity contribution in [2.45, 2.75) is 19.3 Å². The number of anilines is 3. The Hall–Kier alpha value is -6.12. The van der Waals surface area contributed by atoms with E-state index in [-0.39, 0.29) is 5.41 Å². The molecule has 0 bridgehead atoms. The number of benzene rings is 8. The maximum Gasteiger partial charge on any atom is 0.0541 e. The van der Waals surface area contributed by atoms with Crippen molar-refractivity contribution in [1.29, 1.82) is 0 Å². The van der Waals surface area contributed by atoms with E-state index in [0.717, 1.165) is 22.7 Å². The molecule has 0 N–H and O–H groups in total. The van der Waals surface area contributed by atoms with Crippen LogP contribution in [0.15, 0.2) is 170 Å². The van der Waals surface area contributed by atoms with Gasteiger partial charge in [-0.05, 0) is 99.1 Å². The third-order valence-corrected chi connectivity index (χ3v) is 10.7. The molecule has 1 aromatic heterocycles. The molecule has 1 aliphatic rings. The molecular weight excluding hydrogens is 593 g/mol. The van der Waals surface area contributed by atoms with Gasteiger partial charge in [0.05, 0.1) is 16.7 Å². The standard InChI is InChI=1S/C47H34N2/c1-47(2)42-22-9-6-18-36(42)41-28-31-26-27-39-35(40(31)30-43(41)47)21-13-25-44(39)48(32-14-4-3-5-15-32)33-16-12-17-34(29-33)49-45-23-10-7-19-37(45)38-20-8-11-24-46(38)49/h3-30H,1-2H3. The molecule has 1 aliphatic carbocycles. The van der Waals surface area contributed by atoms with Crippen LogP contribution in [0, 0.1) is 0 Å². The highest BCUT2D eigenvalue weighted by Crippen LogP contribution is 2.51. The topological polar surface area (TPSA) is 8.17 Å². The van der Waals surface area contributed by atoms with Gasteiger partial charge in [-0.15, -0.1) is 0 Å². The zero-order valence-electron chi connectivity index (χ0n) is 27.6. The third kappa shape index (κ3) is 4.07. The Morgan fingerprint density at radius 3 is 1.88 bits per heavy atom. The number of aromatic nitrogens is 1. The first kappa shape index (κ1) is 27.9. The van der Waals surface area contributed by atoms with Gasteiger partial charge in [0.2, 0.25) is 0 Å². The zero-order valence-corrected chi connectivity index (χ0v) is 27.6.